The van der Waals surface area contributed by atoms with E-state index < -0.39 is 0 Å². The van der Waals surface area contributed by atoms with E-state index in [4.69, 9.17) is 0 Å². The van der Waals surface area contributed by atoms with Crippen LogP contribution in [-0.2, 0) is 0 Å². The number of nitrogens with zero attached hydrogens (tertiary/aromatic N) is 1. The highest BCUT2D eigenvalue weighted by molar-refractivity contribution is 7.12. The van der Waals surface area contributed by atoms with Gasteiger partial charge >= 0.3 is 0 Å². The van der Waals surface area contributed by atoms with E-state index >= 15 is 0 Å². The van der Waals surface area contributed by atoms with Gasteiger partial charge < -0.3 is 16.0 Å². The normalized spacial score (nSPS) is 11.5. The lowest BCUT2D eigenvalue weighted by Gasteiger charge is -2.13. The molecular weight excluding hydrogens is 272 g/mol. The largest absolute Gasteiger partial charge is 0.357 e. The first-order valence-corrected chi connectivity index (χ1v) is 7.88. The SMILES string of the molecule is CCNC(=NCCCNC(=O)c1cccs1)NC(C)C. The number of aliphatic imine (C=N–C) groups is 1. The summed E-state index contributed by atoms with van der Waals surface area (Å²) in [6, 6.07) is 4.06. The number of nitrogens with one attached hydrogen (secondary N) is 3. The molecule has 0 saturated heterocycles. The monoisotopic (exact) mass is 296 g/mol. The van der Waals surface area contributed by atoms with Crippen molar-refractivity contribution in [2.45, 2.75) is 33.2 Å². The minimum atomic E-state index is -0.00353. The first-order valence-electron chi connectivity index (χ1n) is 7.00. The van der Waals surface area contributed by atoms with Crippen molar-refractivity contribution in [2.75, 3.05) is 19.6 Å². The maximum absolute atomic E-state index is 11.7. The summed E-state index contributed by atoms with van der Waals surface area (Å²) in [5, 5.41) is 11.2. The molecule has 0 aliphatic carbocycles. The second-order valence-corrected chi connectivity index (χ2v) is 5.59. The molecule has 6 heteroatoms. The van der Waals surface area contributed by atoms with Gasteiger partial charge in [-0.3, -0.25) is 9.79 Å². The van der Waals surface area contributed by atoms with Gasteiger partial charge in [-0.25, -0.2) is 0 Å². The van der Waals surface area contributed by atoms with Crippen LogP contribution in [0.4, 0.5) is 0 Å². The van der Waals surface area contributed by atoms with Gasteiger partial charge in [0, 0.05) is 25.7 Å². The highest BCUT2D eigenvalue weighted by atomic mass is 32.1. The molecule has 0 aromatic carbocycles. The molecule has 20 heavy (non-hydrogen) atoms. The maximum Gasteiger partial charge on any atom is 0.261 e. The highest BCUT2D eigenvalue weighted by Gasteiger charge is 2.04. The molecule has 5 nitrogen and oxygen atoms in total. The number of rotatable bonds is 7. The predicted octanol–water partition coefficient (Wildman–Crippen LogP) is 1.83. The molecule has 0 unspecified atom stereocenters. The molecule has 1 rings (SSSR count). The summed E-state index contributed by atoms with van der Waals surface area (Å²) in [7, 11) is 0. The molecule has 0 radical (unpaired) electrons. The summed E-state index contributed by atoms with van der Waals surface area (Å²) >= 11 is 1.45. The maximum atomic E-state index is 11.7. The fourth-order valence-corrected chi connectivity index (χ4v) is 2.20. The van der Waals surface area contributed by atoms with Gasteiger partial charge in [0.15, 0.2) is 5.96 Å². The molecule has 1 amide bonds. The molecule has 0 bridgehead atoms. The van der Waals surface area contributed by atoms with Crippen LogP contribution in [0.5, 0.6) is 0 Å². The predicted molar refractivity (Wildman–Crippen MR) is 85.5 cm³/mol. The molecular formula is C14H24N4OS. The fourth-order valence-electron chi connectivity index (χ4n) is 1.56. The Kier molecular flexibility index (Phi) is 7.72. The van der Waals surface area contributed by atoms with Crippen LogP contribution in [0.3, 0.4) is 0 Å². The molecule has 112 valence electrons. The summed E-state index contributed by atoms with van der Waals surface area (Å²) in [6.45, 7) is 8.36. The Hall–Kier alpha value is -1.56. The fraction of sp³-hybridized carbons (Fsp3) is 0.571. The average molecular weight is 296 g/mol. The van der Waals surface area contributed by atoms with Crippen molar-refractivity contribution >= 4 is 23.2 Å². The lowest BCUT2D eigenvalue weighted by Crippen LogP contribution is -2.41. The topological polar surface area (TPSA) is 65.5 Å². The minimum absolute atomic E-state index is 0.00353. The number of guanidine groups is 1. The molecule has 0 fully saturated rings. The van der Waals surface area contributed by atoms with Crippen LogP contribution in [0, 0.1) is 0 Å². The van der Waals surface area contributed by atoms with Crippen molar-refractivity contribution in [1.82, 2.24) is 16.0 Å². The first-order chi connectivity index (χ1) is 9.63. The van der Waals surface area contributed by atoms with E-state index in [9.17, 15) is 4.79 Å². The second-order valence-electron chi connectivity index (χ2n) is 4.65. The third-order valence-corrected chi connectivity index (χ3v) is 3.27. The lowest BCUT2D eigenvalue weighted by molar-refractivity contribution is 0.0957. The zero-order valence-electron chi connectivity index (χ0n) is 12.4. The Morgan fingerprint density at radius 2 is 2.20 bits per heavy atom. The molecule has 0 atom stereocenters. The Morgan fingerprint density at radius 3 is 2.80 bits per heavy atom. The van der Waals surface area contributed by atoms with E-state index in [1.807, 2.05) is 24.4 Å². The Morgan fingerprint density at radius 1 is 1.40 bits per heavy atom. The summed E-state index contributed by atoms with van der Waals surface area (Å²) < 4.78 is 0. The van der Waals surface area contributed by atoms with E-state index in [0.717, 1.165) is 23.8 Å². The number of hydrogen-bond donors (Lipinski definition) is 3. The van der Waals surface area contributed by atoms with Crippen LogP contribution >= 0.6 is 11.3 Å². The van der Waals surface area contributed by atoms with E-state index in [2.05, 4.69) is 34.8 Å². The van der Waals surface area contributed by atoms with Crippen molar-refractivity contribution in [3.8, 4) is 0 Å². The molecule has 0 spiro atoms. The van der Waals surface area contributed by atoms with Crippen molar-refractivity contribution < 1.29 is 4.79 Å². The quantitative estimate of drug-likeness (QED) is 0.408. The molecule has 1 heterocycles. The Bertz CT molecular complexity index is 415. The summed E-state index contributed by atoms with van der Waals surface area (Å²) in [5.41, 5.74) is 0. The zero-order chi connectivity index (χ0) is 14.8. The number of amides is 1. The van der Waals surface area contributed by atoms with Crippen LogP contribution in [-0.4, -0.2) is 37.5 Å². The first kappa shape index (κ1) is 16.5. The molecule has 0 aliphatic heterocycles. The molecule has 0 saturated carbocycles. The number of hydrogen-bond acceptors (Lipinski definition) is 3. The van der Waals surface area contributed by atoms with Crippen LogP contribution < -0.4 is 16.0 Å². The summed E-state index contributed by atoms with van der Waals surface area (Å²) in [5.74, 6) is 0.822. The molecule has 1 aromatic rings. The third kappa shape index (κ3) is 6.56. The van der Waals surface area contributed by atoms with Gasteiger partial charge in [0.1, 0.15) is 0 Å². The van der Waals surface area contributed by atoms with Crippen molar-refractivity contribution in [3.63, 3.8) is 0 Å². The minimum Gasteiger partial charge on any atom is -0.357 e. The van der Waals surface area contributed by atoms with Gasteiger partial charge in [0.25, 0.3) is 5.91 Å². The lowest BCUT2D eigenvalue weighted by atomic mass is 10.4. The van der Waals surface area contributed by atoms with Gasteiger partial charge in [-0.1, -0.05) is 6.07 Å². The molecule has 3 N–H and O–H groups in total. The highest BCUT2D eigenvalue weighted by Crippen LogP contribution is 2.07. The van der Waals surface area contributed by atoms with Crippen LogP contribution in [0.2, 0.25) is 0 Å². The Labute approximate surface area is 124 Å². The Balaban J connectivity index is 2.23. The summed E-state index contributed by atoms with van der Waals surface area (Å²) in [4.78, 5) is 16.9. The number of carbonyl (C=O) groups excluding carboxylic acids is 1. The van der Waals surface area contributed by atoms with E-state index in [-0.39, 0.29) is 5.91 Å². The van der Waals surface area contributed by atoms with E-state index in [1.165, 1.54) is 11.3 Å². The molecule has 0 aliphatic rings. The van der Waals surface area contributed by atoms with Crippen LogP contribution in [0.1, 0.15) is 36.9 Å². The number of thiophene rings is 1. The van der Waals surface area contributed by atoms with Gasteiger partial charge in [-0.15, -0.1) is 11.3 Å². The smallest absolute Gasteiger partial charge is 0.261 e. The van der Waals surface area contributed by atoms with Crippen LogP contribution in [0.15, 0.2) is 22.5 Å². The van der Waals surface area contributed by atoms with Crippen molar-refractivity contribution in [3.05, 3.63) is 22.4 Å². The van der Waals surface area contributed by atoms with Crippen molar-refractivity contribution in [2.24, 2.45) is 4.99 Å². The van der Waals surface area contributed by atoms with Crippen LogP contribution in [0.25, 0.3) is 0 Å². The van der Waals surface area contributed by atoms with Gasteiger partial charge in [-0.05, 0) is 38.6 Å². The van der Waals surface area contributed by atoms with E-state index in [0.29, 0.717) is 19.1 Å². The van der Waals surface area contributed by atoms with Gasteiger partial charge in [-0.2, -0.15) is 0 Å². The standard InChI is InChI=1S/C14H24N4OS/c1-4-15-14(18-11(2)3)17-9-6-8-16-13(19)12-7-5-10-20-12/h5,7,10-11H,4,6,8-9H2,1-3H3,(H,16,19)(H2,15,17,18). The van der Waals surface area contributed by atoms with E-state index in [1.54, 1.807) is 0 Å². The van der Waals surface area contributed by atoms with Crippen molar-refractivity contribution in [1.29, 1.82) is 0 Å². The second kappa shape index (κ2) is 9.36. The third-order valence-electron chi connectivity index (χ3n) is 2.40. The number of carbonyl (C=O) groups is 1. The van der Waals surface area contributed by atoms with Gasteiger partial charge in [0.05, 0.1) is 4.88 Å². The average Bonchev–Trinajstić information content (AvgIpc) is 2.91. The zero-order valence-corrected chi connectivity index (χ0v) is 13.2. The summed E-state index contributed by atoms with van der Waals surface area (Å²) in [6.07, 6.45) is 0.825. The van der Waals surface area contributed by atoms with Gasteiger partial charge in [0.2, 0.25) is 0 Å². The molecule has 1 aromatic heterocycles.